The van der Waals surface area contributed by atoms with E-state index < -0.39 is 40.1 Å². The number of sulfonamides is 1. The summed E-state index contributed by atoms with van der Waals surface area (Å²) < 4.78 is 37.6. The zero-order valence-electron chi connectivity index (χ0n) is 18.2. The normalized spacial score (nSPS) is 21.7. The van der Waals surface area contributed by atoms with E-state index in [0.717, 1.165) is 9.87 Å². The fourth-order valence-electron chi connectivity index (χ4n) is 3.74. The number of carbonyl (C=O) groups is 3. The van der Waals surface area contributed by atoms with E-state index in [1.807, 2.05) is 6.92 Å². The molecule has 174 valence electrons. The second-order valence-electron chi connectivity index (χ2n) is 7.63. The smallest absolute Gasteiger partial charge is 0.338 e. The van der Waals surface area contributed by atoms with E-state index in [4.69, 9.17) is 9.47 Å². The lowest BCUT2D eigenvalue weighted by Crippen LogP contribution is -2.50. The summed E-state index contributed by atoms with van der Waals surface area (Å²) in [6.45, 7) is 5.07. The lowest BCUT2D eigenvalue weighted by Gasteiger charge is -2.27. The lowest BCUT2D eigenvalue weighted by atomic mass is 10.0. The molecule has 11 heteroatoms. The number of ether oxygens (including phenoxy) is 2. The van der Waals surface area contributed by atoms with Gasteiger partial charge in [0.1, 0.15) is 12.6 Å². The summed E-state index contributed by atoms with van der Waals surface area (Å²) in [6.07, 6.45) is 0.831. The molecule has 2 aliphatic heterocycles. The minimum Gasteiger partial charge on any atom is -0.463 e. The molecule has 2 atom stereocenters. The van der Waals surface area contributed by atoms with Gasteiger partial charge in [0.25, 0.3) is 0 Å². The fourth-order valence-corrected chi connectivity index (χ4v) is 5.39. The van der Waals surface area contributed by atoms with Gasteiger partial charge in [-0.25, -0.2) is 18.0 Å². The van der Waals surface area contributed by atoms with Crippen LogP contribution in [0, 0.1) is 6.92 Å². The van der Waals surface area contributed by atoms with Crippen molar-refractivity contribution in [1.82, 2.24) is 14.9 Å². The lowest BCUT2D eigenvalue weighted by molar-refractivity contribution is -0.147. The summed E-state index contributed by atoms with van der Waals surface area (Å²) in [5.74, 6) is -1.38. The van der Waals surface area contributed by atoms with E-state index in [-0.39, 0.29) is 35.9 Å². The Balaban J connectivity index is 1.77. The van der Waals surface area contributed by atoms with Crippen LogP contribution < -0.4 is 10.6 Å². The topological polar surface area (TPSA) is 131 Å². The molecule has 2 N–H and O–H groups in total. The molecular formula is C21H27N3O7S. The molecule has 0 saturated carbocycles. The molecule has 3 rings (SSSR count). The Morgan fingerprint density at radius 2 is 1.88 bits per heavy atom. The van der Waals surface area contributed by atoms with Gasteiger partial charge in [-0.15, -0.1) is 0 Å². The van der Waals surface area contributed by atoms with Gasteiger partial charge in [-0.2, -0.15) is 4.31 Å². The van der Waals surface area contributed by atoms with Gasteiger partial charge in [-0.05, 0) is 45.7 Å². The maximum atomic E-state index is 13.0. The average Bonchev–Trinajstić information content (AvgIpc) is 3.23. The first kappa shape index (κ1) is 23.7. The van der Waals surface area contributed by atoms with E-state index in [1.54, 1.807) is 26.0 Å². The van der Waals surface area contributed by atoms with Crippen molar-refractivity contribution in [1.29, 1.82) is 0 Å². The van der Waals surface area contributed by atoms with Crippen molar-refractivity contribution < 1.29 is 32.3 Å². The highest BCUT2D eigenvalue weighted by molar-refractivity contribution is 7.89. The molecule has 0 unspecified atom stereocenters. The van der Waals surface area contributed by atoms with Gasteiger partial charge in [0.05, 0.1) is 28.8 Å². The number of rotatable bonds is 7. The Hall–Kier alpha value is -2.92. The van der Waals surface area contributed by atoms with Crippen molar-refractivity contribution in [3.63, 3.8) is 0 Å². The van der Waals surface area contributed by atoms with E-state index >= 15 is 0 Å². The third-order valence-corrected chi connectivity index (χ3v) is 7.25. The molecule has 32 heavy (non-hydrogen) atoms. The minimum absolute atomic E-state index is 0.106. The predicted molar refractivity (Wildman–Crippen MR) is 114 cm³/mol. The standard InChI is InChI=1S/C21H27N3O7S/c1-4-30-20(26)18-14(3)22-21(27)23-16(18)12-31-19(25)17-6-5-11-24(17)32(28,29)15-9-7-13(2)8-10-15/h7-10,14,17H,4-6,11-12H2,1-3H3,(H2,22,23,27)/t14-,17-/m0/s1. The molecule has 0 aromatic heterocycles. The molecule has 2 heterocycles. The van der Waals surface area contributed by atoms with Gasteiger partial charge in [0, 0.05) is 6.54 Å². The van der Waals surface area contributed by atoms with Crippen molar-refractivity contribution in [3.05, 3.63) is 41.1 Å². The van der Waals surface area contributed by atoms with Crippen molar-refractivity contribution in [3.8, 4) is 0 Å². The summed E-state index contributed by atoms with van der Waals surface area (Å²) in [5.41, 5.74) is 1.18. The number of hydrogen-bond donors (Lipinski definition) is 2. The Bertz CT molecular complexity index is 1030. The van der Waals surface area contributed by atoms with Crippen molar-refractivity contribution in [2.24, 2.45) is 0 Å². The summed E-state index contributed by atoms with van der Waals surface area (Å²) in [4.78, 5) is 37.0. The van der Waals surface area contributed by atoms with Crippen LogP contribution in [0.1, 0.15) is 32.3 Å². The van der Waals surface area contributed by atoms with Crippen molar-refractivity contribution >= 4 is 28.0 Å². The van der Waals surface area contributed by atoms with Crippen LogP contribution in [-0.2, 0) is 29.1 Å². The second-order valence-corrected chi connectivity index (χ2v) is 9.52. The number of amides is 2. The first-order valence-corrected chi connectivity index (χ1v) is 11.8. The van der Waals surface area contributed by atoms with E-state index in [2.05, 4.69) is 10.6 Å². The molecular weight excluding hydrogens is 438 g/mol. The third-order valence-electron chi connectivity index (χ3n) is 5.33. The summed E-state index contributed by atoms with van der Waals surface area (Å²) >= 11 is 0. The van der Waals surface area contributed by atoms with Crippen LogP contribution in [0.5, 0.6) is 0 Å². The fraction of sp³-hybridized carbons (Fsp3) is 0.476. The third kappa shape index (κ3) is 4.94. The van der Waals surface area contributed by atoms with Crippen LogP contribution >= 0.6 is 0 Å². The van der Waals surface area contributed by atoms with Gasteiger partial charge >= 0.3 is 18.0 Å². The van der Waals surface area contributed by atoms with Crippen LogP contribution in [0.4, 0.5) is 4.79 Å². The number of hydrogen-bond acceptors (Lipinski definition) is 7. The number of urea groups is 1. The number of aryl methyl sites for hydroxylation is 1. The molecule has 0 bridgehead atoms. The van der Waals surface area contributed by atoms with Gasteiger partial charge in [0.15, 0.2) is 0 Å². The highest BCUT2D eigenvalue weighted by atomic mass is 32.2. The maximum absolute atomic E-state index is 13.0. The summed E-state index contributed by atoms with van der Waals surface area (Å²) in [7, 11) is -3.88. The minimum atomic E-state index is -3.88. The molecule has 1 fully saturated rings. The Kier molecular flexibility index (Phi) is 7.19. The van der Waals surface area contributed by atoms with Crippen LogP contribution in [-0.4, -0.2) is 62.5 Å². The summed E-state index contributed by atoms with van der Waals surface area (Å²) in [5, 5.41) is 5.03. The number of carbonyl (C=O) groups excluding carboxylic acids is 3. The van der Waals surface area contributed by atoms with Gasteiger partial charge < -0.3 is 20.1 Å². The molecule has 0 spiro atoms. The van der Waals surface area contributed by atoms with Crippen LogP contribution in [0.25, 0.3) is 0 Å². The largest absolute Gasteiger partial charge is 0.463 e. The van der Waals surface area contributed by atoms with Crippen molar-refractivity contribution in [2.75, 3.05) is 19.8 Å². The van der Waals surface area contributed by atoms with Crippen LogP contribution in [0.3, 0.4) is 0 Å². The van der Waals surface area contributed by atoms with E-state index in [0.29, 0.717) is 12.8 Å². The van der Waals surface area contributed by atoms with Crippen molar-refractivity contribution in [2.45, 2.75) is 50.6 Å². The van der Waals surface area contributed by atoms with E-state index in [1.165, 1.54) is 12.1 Å². The molecule has 0 aliphatic carbocycles. The Morgan fingerprint density at radius 3 is 2.53 bits per heavy atom. The molecule has 1 aromatic rings. The van der Waals surface area contributed by atoms with Gasteiger partial charge in [-0.3, -0.25) is 4.79 Å². The number of nitrogens with zero attached hydrogens (tertiary/aromatic N) is 1. The quantitative estimate of drug-likeness (QED) is 0.579. The monoisotopic (exact) mass is 465 g/mol. The highest BCUT2D eigenvalue weighted by Gasteiger charge is 2.41. The molecule has 10 nitrogen and oxygen atoms in total. The number of benzene rings is 1. The Labute approximate surface area is 187 Å². The highest BCUT2D eigenvalue weighted by Crippen LogP contribution is 2.27. The first-order chi connectivity index (χ1) is 15.1. The van der Waals surface area contributed by atoms with Crippen LogP contribution in [0.2, 0.25) is 0 Å². The number of nitrogens with one attached hydrogen (secondary N) is 2. The molecule has 1 aromatic carbocycles. The van der Waals surface area contributed by atoms with E-state index in [9.17, 15) is 22.8 Å². The molecule has 0 radical (unpaired) electrons. The SMILES string of the molecule is CCOC(=O)C1=C(COC(=O)[C@@H]2CCCN2S(=O)(=O)c2ccc(C)cc2)NC(=O)N[C@H]1C. The number of esters is 2. The Morgan fingerprint density at radius 1 is 1.19 bits per heavy atom. The van der Waals surface area contributed by atoms with Crippen LogP contribution in [0.15, 0.2) is 40.4 Å². The maximum Gasteiger partial charge on any atom is 0.338 e. The average molecular weight is 466 g/mol. The summed E-state index contributed by atoms with van der Waals surface area (Å²) in [6, 6.07) is 4.24. The molecule has 2 aliphatic rings. The predicted octanol–water partition coefficient (Wildman–Crippen LogP) is 1.21. The van der Waals surface area contributed by atoms with Gasteiger partial charge in [-0.1, -0.05) is 17.7 Å². The molecule has 1 saturated heterocycles. The first-order valence-electron chi connectivity index (χ1n) is 10.4. The molecule has 2 amide bonds. The zero-order valence-corrected chi connectivity index (χ0v) is 19.0. The van der Waals surface area contributed by atoms with Gasteiger partial charge in [0.2, 0.25) is 10.0 Å². The second kappa shape index (κ2) is 9.70. The zero-order chi connectivity index (χ0) is 23.5.